The second-order valence-electron chi connectivity index (χ2n) is 22.6. The molecule has 1 aliphatic heterocycles. The van der Waals surface area contributed by atoms with Crippen LogP contribution in [0, 0.1) is 18.5 Å². The molecule has 0 atom stereocenters. The molecule has 0 bridgehead atoms. The maximum atomic E-state index is 10.0. The first kappa shape index (κ1) is 41.9. The molecular formula is C74H54N4O2Pt-2. The third-order valence-corrected chi connectivity index (χ3v) is 15.6. The number of furan rings is 1. The van der Waals surface area contributed by atoms with Crippen LogP contribution in [0.3, 0.4) is 0 Å². The Morgan fingerprint density at radius 2 is 1.16 bits per heavy atom. The Labute approximate surface area is 496 Å². The SMILES string of the molecule is [2H]c1c([2H])c([2H])c2c(c1[2H])-c1cccc(-c3ccc(C(C)(C)C)cc3)c1-[n+]1[c-]n(-c3[c-]c(Oc4[c-]c5c(cc4)c4ccccc4n5-c4cc(C(C)(C)C)ccn4)ccc3)c3cc(-c4ccc5oc6ccccc6c5c4)cc(c31)-c1c([2H])c([2H])c([2H])c([2H])c1-2.[Pt]. The van der Waals surface area contributed by atoms with Crippen LogP contribution in [0.1, 0.15) is 63.6 Å². The molecule has 0 fully saturated rings. The van der Waals surface area contributed by atoms with E-state index in [1.807, 2.05) is 125 Å². The summed E-state index contributed by atoms with van der Waals surface area (Å²) in [4.78, 5) is 4.88. The normalized spacial score (nSPS) is 13.6. The Bertz CT molecular complexity index is 5320. The summed E-state index contributed by atoms with van der Waals surface area (Å²) in [6.45, 7) is 13.0. The van der Waals surface area contributed by atoms with Crippen LogP contribution < -0.4 is 9.30 Å². The number of hydrogen-bond acceptors (Lipinski definition) is 3. The van der Waals surface area contributed by atoms with E-state index in [4.69, 9.17) is 14.1 Å². The molecule has 7 heteroatoms. The number of benzene rings is 10. The van der Waals surface area contributed by atoms with Gasteiger partial charge in [0.15, 0.2) is 0 Å². The number of para-hydroxylation sites is 3. The van der Waals surface area contributed by atoms with Gasteiger partial charge in [0.25, 0.3) is 6.33 Å². The van der Waals surface area contributed by atoms with Crippen molar-refractivity contribution in [2.75, 3.05) is 0 Å². The van der Waals surface area contributed by atoms with E-state index in [1.54, 1.807) is 0 Å². The van der Waals surface area contributed by atoms with Gasteiger partial charge < -0.3 is 18.3 Å². The van der Waals surface area contributed by atoms with Crippen molar-refractivity contribution in [3.05, 3.63) is 248 Å². The van der Waals surface area contributed by atoms with E-state index < -0.39 is 36.3 Å². The number of aromatic nitrogens is 4. The van der Waals surface area contributed by atoms with Crippen LogP contribution in [-0.4, -0.2) is 14.1 Å². The molecule has 0 saturated heterocycles. The van der Waals surface area contributed by atoms with Gasteiger partial charge in [-0.3, -0.25) is 4.57 Å². The zero-order chi connectivity index (χ0) is 61.0. The van der Waals surface area contributed by atoms with Crippen LogP contribution in [0.25, 0.3) is 128 Å². The first-order chi connectivity index (χ1) is 42.2. The van der Waals surface area contributed by atoms with Gasteiger partial charge in [-0.2, -0.15) is 18.2 Å². The Morgan fingerprint density at radius 3 is 1.93 bits per heavy atom. The van der Waals surface area contributed by atoms with Crippen molar-refractivity contribution in [2.24, 2.45) is 0 Å². The first-order valence-electron chi connectivity index (χ1n) is 30.8. The number of rotatable bonds is 6. The summed E-state index contributed by atoms with van der Waals surface area (Å²) >= 11 is 0. The number of ether oxygens (including phenoxy) is 1. The fourth-order valence-electron chi connectivity index (χ4n) is 11.5. The maximum absolute atomic E-state index is 10.0. The van der Waals surface area contributed by atoms with Crippen molar-refractivity contribution in [2.45, 2.75) is 52.4 Å². The van der Waals surface area contributed by atoms with Gasteiger partial charge in [0.1, 0.15) is 17.0 Å². The fourth-order valence-corrected chi connectivity index (χ4v) is 11.5. The zero-order valence-corrected chi connectivity index (χ0v) is 47.4. The molecule has 5 heterocycles. The molecule has 394 valence electrons. The van der Waals surface area contributed by atoms with Gasteiger partial charge in [-0.05, 0) is 131 Å². The Hall–Kier alpha value is -9.09. The number of nitrogens with zero attached hydrogens (tertiary/aromatic N) is 4. The number of fused-ring (bicyclic) bond motifs is 13. The average Bonchev–Trinajstić information content (AvgIpc) is 1.64. The van der Waals surface area contributed by atoms with Crippen molar-refractivity contribution < 1.29 is 45.8 Å². The summed E-state index contributed by atoms with van der Waals surface area (Å²) in [6, 6.07) is 57.1. The molecule has 0 radical (unpaired) electrons. The molecule has 6 nitrogen and oxygen atoms in total. The van der Waals surface area contributed by atoms with Gasteiger partial charge in [0.2, 0.25) is 0 Å². The standard InChI is InChI=1S/C74H54N4O2.Pt/c1-73(2,3)49-32-29-46(30-33-49)54-25-16-26-62-57-21-9-7-19-55(57)56-20-8-10-22-58(56)64-40-48(47-31-36-69-63(39-47)61-24-12-14-28-68(61)80-69)41-67-72(64)77(71(54)62)45-76(67)51-17-15-18-52(43-51)79-53-34-35-60-59-23-11-13-27-65(59)78(66(60)44-53)70-42-50(37-38-75-70)74(4,5)6;/h7-42H,1-6H3;/q-2;/i7D,8D,9D,10D,19D,20D,21D,22D;. The van der Waals surface area contributed by atoms with Crippen molar-refractivity contribution in [1.29, 1.82) is 0 Å². The number of hydrogen-bond donors (Lipinski definition) is 0. The van der Waals surface area contributed by atoms with Crippen LogP contribution in [0.5, 0.6) is 11.5 Å². The number of imidazole rings is 1. The van der Waals surface area contributed by atoms with E-state index >= 15 is 0 Å². The van der Waals surface area contributed by atoms with Gasteiger partial charge >= 0.3 is 0 Å². The van der Waals surface area contributed by atoms with Gasteiger partial charge in [0, 0.05) is 55.1 Å². The number of pyridine rings is 1. The fraction of sp³-hybridized carbons (Fsp3) is 0.108. The molecule has 0 spiro atoms. The van der Waals surface area contributed by atoms with Crippen molar-refractivity contribution in [3.63, 3.8) is 0 Å². The molecule has 4 aromatic heterocycles. The van der Waals surface area contributed by atoms with Crippen LogP contribution in [0.2, 0.25) is 0 Å². The quantitative estimate of drug-likeness (QED) is 0.123. The van der Waals surface area contributed by atoms with E-state index in [9.17, 15) is 11.0 Å². The molecule has 0 N–H and O–H groups in total. The summed E-state index contributed by atoms with van der Waals surface area (Å²) in [6.07, 6.45) is 5.60. The second kappa shape index (κ2) is 19.0. The predicted molar refractivity (Wildman–Crippen MR) is 325 cm³/mol. The van der Waals surface area contributed by atoms with E-state index in [1.165, 1.54) is 0 Å². The smallest absolute Gasteiger partial charge is 0.268 e. The van der Waals surface area contributed by atoms with Crippen molar-refractivity contribution in [1.82, 2.24) is 14.1 Å². The minimum atomic E-state index is -0.549. The molecule has 1 aliphatic rings. The third kappa shape index (κ3) is 8.34. The predicted octanol–water partition coefficient (Wildman–Crippen LogP) is 18.7. The summed E-state index contributed by atoms with van der Waals surface area (Å²) in [7, 11) is 0. The van der Waals surface area contributed by atoms with Crippen LogP contribution in [-0.2, 0) is 31.9 Å². The molecule has 0 saturated carbocycles. The molecule has 0 unspecified atom stereocenters. The molecule has 0 aliphatic carbocycles. The summed E-state index contributed by atoms with van der Waals surface area (Å²) < 4.78 is 95.5. The van der Waals surface area contributed by atoms with E-state index in [-0.39, 0.29) is 66.2 Å². The minimum absolute atomic E-state index is 0. The van der Waals surface area contributed by atoms with Gasteiger partial charge in [0.05, 0.1) is 27.7 Å². The van der Waals surface area contributed by atoms with Crippen LogP contribution in [0.4, 0.5) is 0 Å². The molecule has 14 aromatic rings. The summed E-state index contributed by atoms with van der Waals surface area (Å²) in [5.41, 5.74) is 10.8. The summed E-state index contributed by atoms with van der Waals surface area (Å²) in [5, 5.41) is 3.82. The first-order valence-corrected chi connectivity index (χ1v) is 26.8. The summed E-state index contributed by atoms with van der Waals surface area (Å²) in [5.74, 6) is 1.56. The van der Waals surface area contributed by atoms with Gasteiger partial charge in [-0.15, -0.1) is 29.7 Å². The van der Waals surface area contributed by atoms with Crippen LogP contribution >= 0.6 is 0 Å². The molecule has 0 amide bonds. The van der Waals surface area contributed by atoms with Crippen molar-refractivity contribution >= 4 is 54.8 Å². The molecular weight excluding hydrogens is 1170 g/mol. The monoisotopic (exact) mass is 1230 g/mol. The molecule has 15 rings (SSSR count). The van der Waals surface area contributed by atoms with E-state index in [0.717, 1.165) is 66.2 Å². The maximum Gasteiger partial charge on any atom is 0.268 e. The second-order valence-corrected chi connectivity index (χ2v) is 22.6. The van der Waals surface area contributed by atoms with Gasteiger partial charge in [-0.1, -0.05) is 186 Å². The Balaban J connectivity index is 0.00000694. The minimum Gasteiger partial charge on any atom is -0.510 e. The molecule has 10 aromatic carbocycles. The largest absolute Gasteiger partial charge is 0.510 e. The van der Waals surface area contributed by atoms with E-state index in [2.05, 4.69) is 119 Å². The van der Waals surface area contributed by atoms with Crippen LogP contribution in [0.15, 0.2) is 223 Å². The third-order valence-electron chi connectivity index (χ3n) is 15.6. The Kier molecular flexibility index (Phi) is 9.85. The van der Waals surface area contributed by atoms with Crippen molar-refractivity contribution in [3.8, 4) is 84.3 Å². The zero-order valence-electron chi connectivity index (χ0n) is 53.1. The Morgan fingerprint density at radius 1 is 0.506 bits per heavy atom. The van der Waals surface area contributed by atoms with Gasteiger partial charge in [-0.25, -0.2) is 4.98 Å². The topological polar surface area (TPSA) is 49.0 Å². The average molecular weight is 1230 g/mol. The molecule has 81 heavy (non-hydrogen) atoms. The van der Waals surface area contributed by atoms with E-state index in [0.29, 0.717) is 61.7 Å².